The Labute approximate surface area is 151 Å². The summed E-state index contributed by atoms with van der Waals surface area (Å²) in [4.78, 5) is 17.3. The summed E-state index contributed by atoms with van der Waals surface area (Å²) < 4.78 is 23.0. The van der Waals surface area contributed by atoms with Gasteiger partial charge in [0.05, 0.1) is 15.5 Å². The highest BCUT2D eigenvalue weighted by Gasteiger charge is 2.13. The number of aromatic nitrogens is 1. The van der Waals surface area contributed by atoms with Crippen molar-refractivity contribution in [2.45, 2.75) is 24.7 Å². The highest BCUT2D eigenvalue weighted by Crippen LogP contribution is 2.33. The van der Waals surface area contributed by atoms with Crippen LogP contribution >= 0.6 is 11.3 Å². The summed E-state index contributed by atoms with van der Waals surface area (Å²) in [6.45, 7) is 2.42. The second-order valence-corrected chi connectivity index (χ2v) is 8.56. The molecule has 136 valence electrons. The molecule has 0 bridgehead atoms. The van der Waals surface area contributed by atoms with E-state index in [9.17, 15) is 13.2 Å². The average molecular weight is 383 g/mol. The number of rotatable bonds is 7. The third-order valence-corrected chi connectivity index (χ3v) is 5.68. The third-order valence-electron chi connectivity index (χ3n) is 3.43. The first-order valence-corrected chi connectivity index (χ1v) is 10.5. The first kappa shape index (κ1) is 19.4. The zero-order valence-corrected chi connectivity index (χ0v) is 15.7. The minimum Gasteiger partial charge on any atom is -0.396 e. The van der Waals surface area contributed by atoms with Crippen LogP contribution in [0.1, 0.15) is 18.5 Å². The smallest absolute Gasteiger partial charge is 0.321 e. The lowest BCUT2D eigenvalue weighted by atomic mass is 10.2. The van der Waals surface area contributed by atoms with Gasteiger partial charge in [0.2, 0.25) is 0 Å². The minimum absolute atomic E-state index is 0.108. The Kier molecular flexibility index (Phi) is 6.51. The van der Waals surface area contributed by atoms with E-state index in [0.29, 0.717) is 24.5 Å². The van der Waals surface area contributed by atoms with E-state index in [1.807, 2.05) is 6.92 Å². The molecular formula is C16H21N3O4S2. The SMILES string of the molecule is Cc1nc(NC(=O)NCCCCO)sc1-c1ccc(S(C)(=O)=O)cc1. The zero-order valence-electron chi connectivity index (χ0n) is 14.1. The molecule has 0 saturated heterocycles. The number of benzene rings is 1. The second kappa shape index (κ2) is 8.41. The van der Waals surface area contributed by atoms with Crippen LogP contribution in [0, 0.1) is 6.92 Å². The number of carbonyl (C=O) groups excluding carboxylic acids is 1. The molecule has 1 aromatic heterocycles. The summed E-state index contributed by atoms with van der Waals surface area (Å²) in [5, 5.41) is 14.6. The van der Waals surface area contributed by atoms with Gasteiger partial charge in [0.1, 0.15) is 0 Å². The van der Waals surface area contributed by atoms with Crippen molar-refractivity contribution in [1.82, 2.24) is 10.3 Å². The van der Waals surface area contributed by atoms with Gasteiger partial charge in [0, 0.05) is 19.4 Å². The molecule has 0 fully saturated rings. The number of urea groups is 1. The van der Waals surface area contributed by atoms with E-state index in [1.165, 1.54) is 17.6 Å². The van der Waals surface area contributed by atoms with Crippen LogP contribution in [0.15, 0.2) is 29.2 Å². The predicted molar refractivity (Wildman–Crippen MR) is 98.7 cm³/mol. The molecule has 0 radical (unpaired) electrons. The van der Waals surface area contributed by atoms with Gasteiger partial charge in [-0.05, 0) is 37.5 Å². The molecule has 0 spiro atoms. The third kappa shape index (κ3) is 5.52. The first-order valence-electron chi connectivity index (χ1n) is 7.75. The number of aryl methyl sites for hydroxylation is 1. The average Bonchev–Trinajstić information content (AvgIpc) is 2.91. The molecule has 0 aliphatic heterocycles. The van der Waals surface area contributed by atoms with E-state index in [-0.39, 0.29) is 17.5 Å². The summed E-state index contributed by atoms with van der Waals surface area (Å²) in [7, 11) is -3.23. The Morgan fingerprint density at radius 2 is 1.92 bits per heavy atom. The molecule has 9 heteroatoms. The lowest BCUT2D eigenvalue weighted by molar-refractivity contribution is 0.250. The Bertz CT molecular complexity index is 830. The predicted octanol–water partition coefficient (Wildman–Crippen LogP) is 2.42. The Morgan fingerprint density at radius 1 is 1.24 bits per heavy atom. The van der Waals surface area contributed by atoms with Crippen molar-refractivity contribution in [3.8, 4) is 10.4 Å². The molecule has 2 rings (SSSR count). The summed E-state index contributed by atoms with van der Waals surface area (Å²) in [6, 6.07) is 6.24. The van der Waals surface area contributed by atoms with Gasteiger partial charge in [-0.25, -0.2) is 18.2 Å². The number of hydrogen-bond acceptors (Lipinski definition) is 6. The molecule has 25 heavy (non-hydrogen) atoms. The molecule has 2 amide bonds. The van der Waals surface area contributed by atoms with Crippen LogP contribution in [-0.2, 0) is 9.84 Å². The standard InChI is InChI=1S/C16H21N3O4S2/c1-11-14(12-5-7-13(8-6-12)25(2,22)23)24-16(18-11)19-15(21)17-9-3-4-10-20/h5-8,20H,3-4,9-10H2,1-2H3,(H2,17,18,19,21). The fourth-order valence-electron chi connectivity index (χ4n) is 2.15. The number of hydrogen-bond donors (Lipinski definition) is 3. The molecule has 0 aliphatic rings. The van der Waals surface area contributed by atoms with Crippen molar-refractivity contribution in [2.24, 2.45) is 0 Å². The van der Waals surface area contributed by atoms with E-state index >= 15 is 0 Å². The molecular weight excluding hydrogens is 362 g/mol. The normalized spacial score (nSPS) is 11.3. The summed E-state index contributed by atoms with van der Waals surface area (Å²) in [5.74, 6) is 0. The molecule has 3 N–H and O–H groups in total. The van der Waals surface area contributed by atoms with Crippen molar-refractivity contribution in [3.63, 3.8) is 0 Å². The zero-order chi connectivity index (χ0) is 18.4. The van der Waals surface area contributed by atoms with E-state index in [0.717, 1.165) is 16.1 Å². The summed E-state index contributed by atoms with van der Waals surface area (Å²) >= 11 is 1.33. The van der Waals surface area contributed by atoms with Gasteiger partial charge in [0.15, 0.2) is 15.0 Å². The summed E-state index contributed by atoms with van der Waals surface area (Å²) in [6.07, 6.45) is 2.52. The second-order valence-electron chi connectivity index (χ2n) is 5.54. The number of nitrogens with one attached hydrogen (secondary N) is 2. The van der Waals surface area contributed by atoms with E-state index in [2.05, 4.69) is 15.6 Å². The van der Waals surface area contributed by atoms with E-state index < -0.39 is 9.84 Å². The van der Waals surface area contributed by atoms with Gasteiger partial charge < -0.3 is 10.4 Å². The lowest BCUT2D eigenvalue weighted by Crippen LogP contribution is -2.29. The van der Waals surface area contributed by atoms with Crippen molar-refractivity contribution in [2.75, 3.05) is 24.7 Å². The maximum Gasteiger partial charge on any atom is 0.321 e. The number of carbonyl (C=O) groups is 1. The largest absolute Gasteiger partial charge is 0.396 e. The fraction of sp³-hybridized carbons (Fsp3) is 0.375. The fourth-order valence-corrected chi connectivity index (χ4v) is 3.75. The quantitative estimate of drug-likeness (QED) is 0.636. The Balaban J connectivity index is 2.05. The summed E-state index contributed by atoms with van der Waals surface area (Å²) in [5.41, 5.74) is 1.60. The van der Waals surface area contributed by atoms with Gasteiger partial charge in [-0.3, -0.25) is 5.32 Å². The van der Waals surface area contributed by atoms with Crippen LogP contribution in [-0.4, -0.2) is 43.9 Å². The maximum atomic E-state index is 11.8. The van der Waals surface area contributed by atoms with Crippen molar-refractivity contribution < 1.29 is 18.3 Å². The van der Waals surface area contributed by atoms with Crippen LogP contribution in [0.3, 0.4) is 0 Å². The Morgan fingerprint density at radius 3 is 2.52 bits per heavy atom. The molecule has 1 aromatic carbocycles. The highest BCUT2D eigenvalue weighted by molar-refractivity contribution is 7.90. The number of aliphatic hydroxyl groups excluding tert-OH is 1. The Hall–Kier alpha value is -1.97. The molecule has 0 atom stereocenters. The van der Waals surface area contributed by atoms with Crippen LogP contribution in [0.2, 0.25) is 0 Å². The first-order chi connectivity index (χ1) is 11.8. The number of thiazole rings is 1. The molecule has 0 aliphatic carbocycles. The highest BCUT2D eigenvalue weighted by atomic mass is 32.2. The molecule has 7 nitrogen and oxygen atoms in total. The molecule has 0 unspecified atom stereocenters. The van der Waals surface area contributed by atoms with Crippen LogP contribution in [0.25, 0.3) is 10.4 Å². The molecule has 2 aromatic rings. The van der Waals surface area contributed by atoms with Crippen molar-refractivity contribution in [3.05, 3.63) is 30.0 Å². The number of anilines is 1. The van der Waals surface area contributed by atoms with Crippen LogP contribution in [0.5, 0.6) is 0 Å². The van der Waals surface area contributed by atoms with Gasteiger partial charge >= 0.3 is 6.03 Å². The number of aliphatic hydroxyl groups is 1. The van der Waals surface area contributed by atoms with Gasteiger partial charge in [-0.15, -0.1) is 0 Å². The maximum absolute atomic E-state index is 11.8. The number of nitrogens with zero attached hydrogens (tertiary/aromatic N) is 1. The topological polar surface area (TPSA) is 108 Å². The molecule has 1 heterocycles. The van der Waals surface area contributed by atoms with Crippen molar-refractivity contribution in [1.29, 1.82) is 0 Å². The van der Waals surface area contributed by atoms with E-state index in [4.69, 9.17) is 5.11 Å². The molecule has 0 saturated carbocycles. The van der Waals surface area contributed by atoms with E-state index in [1.54, 1.807) is 24.3 Å². The number of unbranched alkanes of at least 4 members (excludes halogenated alkanes) is 1. The number of sulfone groups is 1. The van der Waals surface area contributed by atoms with Crippen LogP contribution in [0.4, 0.5) is 9.93 Å². The minimum atomic E-state index is -3.23. The van der Waals surface area contributed by atoms with Gasteiger partial charge in [-0.2, -0.15) is 0 Å². The monoisotopic (exact) mass is 383 g/mol. The lowest BCUT2D eigenvalue weighted by Gasteiger charge is -2.04. The van der Waals surface area contributed by atoms with Gasteiger partial charge in [-0.1, -0.05) is 23.5 Å². The number of amides is 2. The van der Waals surface area contributed by atoms with Crippen molar-refractivity contribution >= 4 is 32.3 Å². The van der Waals surface area contributed by atoms with Crippen LogP contribution < -0.4 is 10.6 Å². The van der Waals surface area contributed by atoms with Gasteiger partial charge in [0.25, 0.3) is 0 Å².